The predicted molar refractivity (Wildman–Crippen MR) is 76.1 cm³/mol. The maximum Gasteiger partial charge on any atom is 0.137 e. The zero-order valence-corrected chi connectivity index (χ0v) is 11.8. The minimum absolute atomic E-state index is 0.613. The van der Waals surface area contributed by atoms with Crippen molar-refractivity contribution in [1.82, 2.24) is 4.90 Å². The van der Waals surface area contributed by atoms with Gasteiger partial charge in [0.25, 0.3) is 0 Å². The molecule has 1 aliphatic heterocycles. The molecular formula is C16H22N2O. The van der Waals surface area contributed by atoms with E-state index in [0.29, 0.717) is 30.0 Å². The van der Waals surface area contributed by atoms with Crippen molar-refractivity contribution in [3.05, 3.63) is 29.8 Å². The second-order valence-electron chi connectivity index (χ2n) is 5.32. The van der Waals surface area contributed by atoms with Crippen molar-refractivity contribution in [3.63, 3.8) is 0 Å². The molecule has 1 aromatic carbocycles. The Morgan fingerprint density at radius 2 is 1.95 bits per heavy atom. The highest BCUT2D eigenvalue weighted by molar-refractivity contribution is 5.42. The molecule has 1 aliphatic rings. The largest absolute Gasteiger partial charge is 0.491 e. The highest BCUT2D eigenvalue weighted by atomic mass is 16.5. The topological polar surface area (TPSA) is 36.3 Å². The van der Waals surface area contributed by atoms with Crippen molar-refractivity contribution < 1.29 is 4.74 Å². The lowest BCUT2D eigenvalue weighted by molar-refractivity contribution is 0.0851. The molecule has 102 valence electrons. The van der Waals surface area contributed by atoms with E-state index in [0.717, 1.165) is 6.54 Å². The Morgan fingerprint density at radius 3 is 2.63 bits per heavy atom. The highest BCUT2D eigenvalue weighted by Gasteiger charge is 2.24. The van der Waals surface area contributed by atoms with Gasteiger partial charge in [0, 0.05) is 18.6 Å². The molecule has 1 heterocycles. The van der Waals surface area contributed by atoms with Crippen LogP contribution in [-0.4, -0.2) is 30.1 Å². The smallest absolute Gasteiger partial charge is 0.137 e. The fraction of sp³-hybridized carbons (Fsp3) is 0.562. The first kappa shape index (κ1) is 13.9. The summed E-state index contributed by atoms with van der Waals surface area (Å²) in [6.45, 7) is 6.16. The van der Waals surface area contributed by atoms with Gasteiger partial charge in [0.2, 0.25) is 0 Å². The number of hydrogen-bond acceptors (Lipinski definition) is 3. The second-order valence-corrected chi connectivity index (χ2v) is 5.32. The SMILES string of the molecule is C[C@@H]1CCC[C@H](C)N1CCOc1ccccc1C#N. The zero-order valence-electron chi connectivity index (χ0n) is 11.8. The first-order valence-corrected chi connectivity index (χ1v) is 7.10. The van der Waals surface area contributed by atoms with Gasteiger partial charge in [-0.2, -0.15) is 5.26 Å². The zero-order chi connectivity index (χ0) is 13.7. The molecule has 3 nitrogen and oxygen atoms in total. The lowest BCUT2D eigenvalue weighted by Crippen LogP contribution is -2.45. The summed E-state index contributed by atoms with van der Waals surface area (Å²) in [7, 11) is 0. The fourth-order valence-electron chi connectivity index (χ4n) is 2.86. The van der Waals surface area contributed by atoms with E-state index in [1.54, 1.807) is 6.07 Å². The summed E-state index contributed by atoms with van der Waals surface area (Å²) in [4.78, 5) is 2.51. The number of para-hydroxylation sites is 1. The molecule has 0 bridgehead atoms. The van der Waals surface area contributed by atoms with E-state index in [1.165, 1.54) is 19.3 Å². The summed E-state index contributed by atoms with van der Waals surface area (Å²) < 4.78 is 5.76. The summed E-state index contributed by atoms with van der Waals surface area (Å²) in [5, 5.41) is 9.01. The number of hydrogen-bond donors (Lipinski definition) is 0. The number of piperidine rings is 1. The number of likely N-dealkylation sites (tertiary alicyclic amines) is 1. The van der Waals surface area contributed by atoms with Crippen molar-refractivity contribution in [2.45, 2.75) is 45.2 Å². The maximum absolute atomic E-state index is 9.01. The second kappa shape index (κ2) is 6.58. The monoisotopic (exact) mass is 258 g/mol. The molecule has 0 aliphatic carbocycles. The molecule has 2 rings (SSSR count). The van der Waals surface area contributed by atoms with Crippen molar-refractivity contribution in [2.75, 3.05) is 13.2 Å². The molecule has 1 saturated heterocycles. The molecular weight excluding hydrogens is 236 g/mol. The van der Waals surface area contributed by atoms with Crippen LogP contribution in [0.4, 0.5) is 0 Å². The fourth-order valence-corrected chi connectivity index (χ4v) is 2.86. The van der Waals surface area contributed by atoms with E-state index in [-0.39, 0.29) is 0 Å². The summed E-state index contributed by atoms with van der Waals surface area (Å²) in [5.41, 5.74) is 0.613. The number of nitriles is 1. The van der Waals surface area contributed by atoms with Gasteiger partial charge in [-0.3, -0.25) is 4.90 Å². The Morgan fingerprint density at radius 1 is 1.26 bits per heavy atom. The van der Waals surface area contributed by atoms with Gasteiger partial charge in [0.05, 0.1) is 5.56 Å². The van der Waals surface area contributed by atoms with Crippen LogP contribution in [0.5, 0.6) is 5.75 Å². The predicted octanol–water partition coefficient (Wildman–Crippen LogP) is 3.20. The molecule has 0 spiro atoms. The summed E-state index contributed by atoms with van der Waals surface area (Å²) in [5.74, 6) is 0.697. The highest BCUT2D eigenvalue weighted by Crippen LogP contribution is 2.22. The van der Waals surface area contributed by atoms with Gasteiger partial charge in [-0.1, -0.05) is 18.6 Å². The number of ether oxygens (including phenoxy) is 1. The number of nitrogens with zero attached hydrogens (tertiary/aromatic N) is 2. The Balaban J connectivity index is 1.88. The van der Waals surface area contributed by atoms with Crippen LogP contribution < -0.4 is 4.74 Å². The van der Waals surface area contributed by atoms with Crippen LogP contribution >= 0.6 is 0 Å². The third kappa shape index (κ3) is 3.48. The van der Waals surface area contributed by atoms with E-state index in [2.05, 4.69) is 24.8 Å². The van der Waals surface area contributed by atoms with Crippen LogP contribution in [0.2, 0.25) is 0 Å². The Bertz CT molecular complexity index is 442. The third-order valence-electron chi connectivity index (χ3n) is 3.99. The van der Waals surface area contributed by atoms with Crippen molar-refractivity contribution in [3.8, 4) is 11.8 Å². The Labute approximate surface area is 115 Å². The molecule has 0 radical (unpaired) electrons. The van der Waals surface area contributed by atoms with Crippen molar-refractivity contribution in [1.29, 1.82) is 5.26 Å². The van der Waals surface area contributed by atoms with Crippen LogP contribution in [0.15, 0.2) is 24.3 Å². The van der Waals surface area contributed by atoms with Gasteiger partial charge in [-0.05, 0) is 38.8 Å². The van der Waals surface area contributed by atoms with E-state index in [4.69, 9.17) is 10.00 Å². The summed E-state index contributed by atoms with van der Waals surface area (Å²) >= 11 is 0. The minimum atomic E-state index is 0.613. The van der Waals surface area contributed by atoms with Crippen LogP contribution in [0.3, 0.4) is 0 Å². The minimum Gasteiger partial charge on any atom is -0.491 e. The number of benzene rings is 1. The quantitative estimate of drug-likeness (QED) is 0.832. The van der Waals surface area contributed by atoms with Crippen LogP contribution in [0.1, 0.15) is 38.7 Å². The molecule has 0 aromatic heterocycles. The molecule has 0 N–H and O–H groups in total. The van der Waals surface area contributed by atoms with Gasteiger partial charge in [0.1, 0.15) is 18.4 Å². The average molecular weight is 258 g/mol. The molecule has 1 aromatic rings. The van der Waals surface area contributed by atoms with Gasteiger partial charge in [-0.25, -0.2) is 0 Å². The molecule has 2 atom stereocenters. The van der Waals surface area contributed by atoms with Crippen LogP contribution in [0.25, 0.3) is 0 Å². The van der Waals surface area contributed by atoms with E-state index >= 15 is 0 Å². The molecule has 19 heavy (non-hydrogen) atoms. The normalized spacial score (nSPS) is 23.8. The van der Waals surface area contributed by atoms with Gasteiger partial charge < -0.3 is 4.74 Å². The summed E-state index contributed by atoms with van der Waals surface area (Å²) in [6.07, 6.45) is 3.88. The lowest BCUT2D eigenvalue weighted by atomic mass is 9.98. The number of rotatable bonds is 4. The first-order chi connectivity index (χ1) is 9.22. The molecule has 0 unspecified atom stereocenters. The van der Waals surface area contributed by atoms with Crippen molar-refractivity contribution >= 4 is 0 Å². The molecule has 3 heteroatoms. The van der Waals surface area contributed by atoms with E-state index in [1.807, 2.05) is 18.2 Å². The van der Waals surface area contributed by atoms with Gasteiger partial charge >= 0.3 is 0 Å². The first-order valence-electron chi connectivity index (χ1n) is 7.10. The standard InChI is InChI=1S/C16H22N2O/c1-13-6-5-7-14(2)18(13)10-11-19-16-9-4-3-8-15(16)12-17/h3-4,8-9,13-14H,5-7,10-11H2,1-2H3/t13-,14+. The third-order valence-corrected chi connectivity index (χ3v) is 3.99. The maximum atomic E-state index is 9.01. The van der Waals surface area contributed by atoms with Gasteiger partial charge in [-0.15, -0.1) is 0 Å². The van der Waals surface area contributed by atoms with Crippen molar-refractivity contribution in [2.24, 2.45) is 0 Å². The van der Waals surface area contributed by atoms with Gasteiger partial charge in [0.15, 0.2) is 0 Å². The average Bonchev–Trinajstić information content (AvgIpc) is 2.42. The molecule has 0 amide bonds. The molecule has 0 saturated carbocycles. The Kier molecular flexibility index (Phi) is 4.81. The van der Waals surface area contributed by atoms with E-state index < -0.39 is 0 Å². The molecule has 1 fully saturated rings. The Hall–Kier alpha value is -1.53. The lowest BCUT2D eigenvalue weighted by Gasteiger charge is -2.38. The van der Waals surface area contributed by atoms with Crippen LogP contribution in [0, 0.1) is 11.3 Å². The van der Waals surface area contributed by atoms with E-state index in [9.17, 15) is 0 Å². The summed E-state index contributed by atoms with van der Waals surface area (Å²) in [6, 6.07) is 10.9. The van der Waals surface area contributed by atoms with Crippen LogP contribution in [-0.2, 0) is 0 Å².